The average molecular weight is 303 g/mol. The maximum Gasteiger partial charge on any atom is 0.325 e. The predicted octanol–water partition coefficient (Wildman–Crippen LogP) is 0.675. The second-order valence-corrected chi connectivity index (χ2v) is 4.70. The van der Waals surface area contributed by atoms with Crippen LogP contribution in [0.4, 0.5) is 5.69 Å². The molecule has 0 aromatic heterocycles. The lowest BCUT2D eigenvalue weighted by molar-refractivity contribution is -0.147. The quantitative estimate of drug-likeness (QED) is 0.361. The molecule has 2 rings (SSSR count). The van der Waals surface area contributed by atoms with E-state index in [0.717, 1.165) is 5.69 Å². The van der Waals surface area contributed by atoms with Crippen LogP contribution in [0.25, 0.3) is 0 Å². The first-order valence-electron chi connectivity index (χ1n) is 6.93. The number of carbonyl (C=O) groups excluding carboxylic acids is 3. The molecule has 1 atom stereocenters. The molecule has 1 aliphatic rings. The van der Waals surface area contributed by atoms with Crippen molar-refractivity contribution >= 4 is 29.6 Å². The Bertz CT molecular complexity index is 586. The summed E-state index contributed by atoms with van der Waals surface area (Å²) in [5.41, 5.74) is 3.49. The summed E-state index contributed by atoms with van der Waals surface area (Å²) in [7, 11) is 0. The SMILES string of the molecule is CCOC(=O)CN1CC(=O)C(C=NNc2ccccc2)C1=O. The molecule has 0 bridgehead atoms. The summed E-state index contributed by atoms with van der Waals surface area (Å²) in [6, 6.07) is 9.16. The highest BCUT2D eigenvalue weighted by atomic mass is 16.5. The zero-order chi connectivity index (χ0) is 15.9. The third kappa shape index (κ3) is 3.91. The Morgan fingerprint density at radius 1 is 1.41 bits per heavy atom. The fraction of sp³-hybridized carbons (Fsp3) is 0.333. The van der Waals surface area contributed by atoms with E-state index in [9.17, 15) is 14.4 Å². The minimum Gasteiger partial charge on any atom is -0.465 e. The van der Waals surface area contributed by atoms with Crippen LogP contribution >= 0.6 is 0 Å². The van der Waals surface area contributed by atoms with E-state index in [1.54, 1.807) is 6.92 Å². The molecule has 1 saturated heterocycles. The summed E-state index contributed by atoms with van der Waals surface area (Å²) in [4.78, 5) is 36.5. The van der Waals surface area contributed by atoms with Gasteiger partial charge >= 0.3 is 5.97 Å². The van der Waals surface area contributed by atoms with Crippen molar-refractivity contribution in [3.63, 3.8) is 0 Å². The number of carbonyl (C=O) groups is 3. The van der Waals surface area contributed by atoms with Crippen LogP contribution in [0.5, 0.6) is 0 Å². The number of amides is 1. The highest BCUT2D eigenvalue weighted by molar-refractivity contribution is 6.19. The van der Waals surface area contributed by atoms with Crippen molar-refractivity contribution in [3.8, 4) is 0 Å². The number of anilines is 1. The summed E-state index contributed by atoms with van der Waals surface area (Å²) in [6.45, 7) is 1.61. The van der Waals surface area contributed by atoms with Gasteiger partial charge in [-0.2, -0.15) is 5.10 Å². The molecule has 1 aromatic carbocycles. The molecule has 22 heavy (non-hydrogen) atoms. The van der Waals surface area contributed by atoms with Gasteiger partial charge in [0.25, 0.3) is 0 Å². The summed E-state index contributed by atoms with van der Waals surface area (Å²) in [5, 5.41) is 3.91. The van der Waals surface area contributed by atoms with Crippen molar-refractivity contribution < 1.29 is 19.1 Å². The average Bonchev–Trinajstić information content (AvgIpc) is 2.76. The first kappa shape index (κ1) is 15.7. The molecule has 1 N–H and O–H groups in total. The number of ketones is 1. The van der Waals surface area contributed by atoms with Crippen molar-refractivity contribution in [1.82, 2.24) is 4.90 Å². The number of nitrogens with one attached hydrogen (secondary N) is 1. The molecule has 1 aromatic rings. The van der Waals surface area contributed by atoms with Crippen molar-refractivity contribution in [2.75, 3.05) is 25.1 Å². The van der Waals surface area contributed by atoms with Crippen LogP contribution < -0.4 is 5.43 Å². The number of rotatable bonds is 6. The maximum atomic E-state index is 12.1. The van der Waals surface area contributed by atoms with Gasteiger partial charge in [-0.05, 0) is 19.1 Å². The largest absolute Gasteiger partial charge is 0.465 e. The fourth-order valence-electron chi connectivity index (χ4n) is 2.04. The lowest BCUT2D eigenvalue weighted by Crippen LogP contribution is -2.33. The van der Waals surface area contributed by atoms with Crippen LogP contribution in [0.3, 0.4) is 0 Å². The Hall–Kier alpha value is -2.70. The number of benzene rings is 1. The van der Waals surface area contributed by atoms with Gasteiger partial charge in [0.05, 0.1) is 18.8 Å². The third-order valence-corrected chi connectivity index (χ3v) is 3.09. The normalized spacial score (nSPS) is 18.0. The van der Waals surface area contributed by atoms with Crippen LogP contribution in [-0.4, -0.2) is 48.5 Å². The van der Waals surface area contributed by atoms with Gasteiger partial charge in [0.15, 0.2) is 5.78 Å². The number of esters is 1. The van der Waals surface area contributed by atoms with Crippen molar-refractivity contribution in [2.24, 2.45) is 11.0 Å². The summed E-state index contributed by atoms with van der Waals surface area (Å²) < 4.78 is 4.77. The van der Waals surface area contributed by atoms with Crippen LogP contribution in [-0.2, 0) is 19.1 Å². The number of hydrogen-bond donors (Lipinski definition) is 1. The molecule has 1 aliphatic heterocycles. The lowest BCUT2D eigenvalue weighted by atomic mass is 10.1. The second kappa shape index (κ2) is 7.35. The van der Waals surface area contributed by atoms with E-state index < -0.39 is 17.8 Å². The zero-order valence-corrected chi connectivity index (χ0v) is 12.2. The molecule has 0 radical (unpaired) electrons. The van der Waals surface area contributed by atoms with Gasteiger partial charge < -0.3 is 9.64 Å². The Morgan fingerprint density at radius 2 is 2.14 bits per heavy atom. The minimum absolute atomic E-state index is 0.0975. The predicted molar refractivity (Wildman–Crippen MR) is 80.3 cm³/mol. The van der Waals surface area contributed by atoms with Gasteiger partial charge in [0.2, 0.25) is 5.91 Å². The lowest BCUT2D eigenvalue weighted by Gasteiger charge is -2.13. The van der Waals surface area contributed by atoms with Gasteiger partial charge in [-0.15, -0.1) is 0 Å². The monoisotopic (exact) mass is 303 g/mol. The number of nitrogens with zero attached hydrogens (tertiary/aromatic N) is 2. The summed E-state index contributed by atoms with van der Waals surface area (Å²) in [6.07, 6.45) is 1.27. The van der Waals surface area contributed by atoms with Gasteiger partial charge in [-0.3, -0.25) is 19.8 Å². The van der Waals surface area contributed by atoms with Gasteiger partial charge in [-0.25, -0.2) is 0 Å². The van der Waals surface area contributed by atoms with Crippen molar-refractivity contribution in [2.45, 2.75) is 6.92 Å². The molecule has 116 valence electrons. The van der Waals surface area contributed by atoms with Gasteiger partial charge in [0.1, 0.15) is 12.5 Å². The second-order valence-electron chi connectivity index (χ2n) is 4.70. The molecule has 1 unspecified atom stereocenters. The third-order valence-electron chi connectivity index (χ3n) is 3.09. The van der Waals surface area contributed by atoms with E-state index in [1.807, 2.05) is 30.3 Å². The molecule has 7 heteroatoms. The molecule has 1 fully saturated rings. The number of likely N-dealkylation sites (tertiary alicyclic amines) is 1. The Kier molecular flexibility index (Phi) is 5.24. The smallest absolute Gasteiger partial charge is 0.325 e. The van der Waals surface area contributed by atoms with Crippen molar-refractivity contribution in [1.29, 1.82) is 0 Å². The molecular weight excluding hydrogens is 286 g/mol. The Labute approximate surface area is 127 Å². The van der Waals surface area contributed by atoms with E-state index in [2.05, 4.69) is 10.5 Å². The van der Waals surface area contributed by atoms with Crippen LogP contribution in [0, 0.1) is 5.92 Å². The van der Waals surface area contributed by atoms with Crippen LogP contribution in [0.15, 0.2) is 35.4 Å². The first-order valence-corrected chi connectivity index (χ1v) is 6.93. The number of hydrazone groups is 1. The number of para-hydroxylation sites is 1. The fourth-order valence-corrected chi connectivity index (χ4v) is 2.04. The molecule has 7 nitrogen and oxygen atoms in total. The van der Waals surface area contributed by atoms with Gasteiger partial charge in [0, 0.05) is 6.21 Å². The van der Waals surface area contributed by atoms with Gasteiger partial charge in [-0.1, -0.05) is 18.2 Å². The highest BCUT2D eigenvalue weighted by Crippen LogP contribution is 2.13. The summed E-state index contributed by atoms with van der Waals surface area (Å²) >= 11 is 0. The van der Waals surface area contributed by atoms with E-state index in [0.29, 0.717) is 0 Å². The molecule has 1 heterocycles. The molecule has 0 spiro atoms. The topological polar surface area (TPSA) is 88.1 Å². The standard InChI is InChI=1S/C15H17N3O4/c1-2-22-14(20)10-18-9-13(19)12(15(18)21)8-16-17-11-6-4-3-5-7-11/h3-8,12,17H,2,9-10H2,1H3. The Morgan fingerprint density at radius 3 is 2.82 bits per heavy atom. The first-order chi connectivity index (χ1) is 10.6. The number of ether oxygens (including phenoxy) is 1. The molecular formula is C15H17N3O4. The molecule has 0 aliphatic carbocycles. The zero-order valence-electron chi connectivity index (χ0n) is 12.2. The highest BCUT2D eigenvalue weighted by Gasteiger charge is 2.39. The van der Waals surface area contributed by atoms with E-state index in [-0.39, 0.29) is 25.5 Å². The number of hydrogen-bond acceptors (Lipinski definition) is 6. The van der Waals surface area contributed by atoms with Crippen molar-refractivity contribution in [3.05, 3.63) is 30.3 Å². The van der Waals surface area contributed by atoms with Crippen LogP contribution in [0.2, 0.25) is 0 Å². The summed E-state index contributed by atoms with van der Waals surface area (Å²) in [5.74, 6) is -2.20. The van der Waals surface area contributed by atoms with E-state index in [1.165, 1.54) is 11.1 Å². The van der Waals surface area contributed by atoms with E-state index >= 15 is 0 Å². The Balaban J connectivity index is 1.93. The minimum atomic E-state index is -0.953. The van der Waals surface area contributed by atoms with Crippen LogP contribution in [0.1, 0.15) is 6.92 Å². The molecule has 0 saturated carbocycles. The van der Waals surface area contributed by atoms with E-state index in [4.69, 9.17) is 4.74 Å². The molecule has 1 amide bonds. The maximum absolute atomic E-state index is 12.1. The number of Topliss-reactive ketones (excluding diaryl/α,β-unsaturated/α-hetero) is 1.